The highest BCUT2D eigenvalue weighted by Gasteiger charge is 2.24. The number of nitrogens with one attached hydrogen (secondary N) is 1. The number of rotatable bonds is 1. The van der Waals surface area contributed by atoms with Gasteiger partial charge in [0.25, 0.3) is 0 Å². The predicted molar refractivity (Wildman–Crippen MR) is 68.8 cm³/mol. The smallest absolute Gasteiger partial charge is 0.0108 e. The summed E-state index contributed by atoms with van der Waals surface area (Å²) in [6, 6.07) is 16.1. The minimum Gasteiger partial charge on any atom is -0.314 e. The van der Waals surface area contributed by atoms with Crippen LogP contribution in [0.2, 0.25) is 0 Å². The maximum absolute atomic E-state index is 3.52. The Bertz CT molecular complexity index is 504. The van der Waals surface area contributed by atoms with Crippen LogP contribution in [0.15, 0.2) is 42.5 Å². The van der Waals surface area contributed by atoms with Gasteiger partial charge in [-0.15, -0.1) is 0 Å². The van der Waals surface area contributed by atoms with Gasteiger partial charge in [0.2, 0.25) is 0 Å². The molecule has 0 bridgehead atoms. The summed E-state index contributed by atoms with van der Waals surface area (Å²) in [5, 5.41) is 6.21. The molecule has 0 saturated carbocycles. The Balaban J connectivity index is 2.04. The highest BCUT2D eigenvalue weighted by molar-refractivity contribution is 5.83. The zero-order valence-electron chi connectivity index (χ0n) is 9.61. The molecule has 2 unspecified atom stereocenters. The zero-order valence-corrected chi connectivity index (χ0v) is 9.61. The van der Waals surface area contributed by atoms with Crippen LogP contribution >= 0.6 is 0 Å². The van der Waals surface area contributed by atoms with E-state index in [9.17, 15) is 0 Å². The van der Waals surface area contributed by atoms with E-state index in [0.29, 0.717) is 12.0 Å². The van der Waals surface area contributed by atoms with Crippen molar-refractivity contribution in [3.05, 3.63) is 48.0 Å². The van der Waals surface area contributed by atoms with Crippen molar-refractivity contribution in [3.63, 3.8) is 0 Å². The summed E-state index contributed by atoms with van der Waals surface area (Å²) in [5.41, 5.74) is 1.48. The van der Waals surface area contributed by atoms with E-state index in [1.165, 1.54) is 22.8 Å². The number of hydrogen-bond acceptors (Lipinski definition) is 1. The molecule has 2 atom stereocenters. The van der Waals surface area contributed by atoms with Gasteiger partial charge in [0.1, 0.15) is 0 Å². The Hall–Kier alpha value is -1.34. The van der Waals surface area contributed by atoms with Gasteiger partial charge in [-0.25, -0.2) is 0 Å². The lowest BCUT2D eigenvalue weighted by Gasteiger charge is -2.16. The quantitative estimate of drug-likeness (QED) is 0.763. The van der Waals surface area contributed by atoms with Crippen LogP contribution in [0.25, 0.3) is 10.8 Å². The van der Waals surface area contributed by atoms with E-state index in [2.05, 4.69) is 54.7 Å². The van der Waals surface area contributed by atoms with Crippen molar-refractivity contribution in [1.29, 1.82) is 0 Å². The molecule has 0 radical (unpaired) electrons. The van der Waals surface area contributed by atoms with Gasteiger partial charge in [-0.2, -0.15) is 0 Å². The van der Waals surface area contributed by atoms with Crippen molar-refractivity contribution >= 4 is 10.8 Å². The van der Waals surface area contributed by atoms with Crippen LogP contribution < -0.4 is 5.32 Å². The number of benzene rings is 2. The molecule has 3 rings (SSSR count). The van der Waals surface area contributed by atoms with Crippen molar-refractivity contribution in [2.75, 3.05) is 6.54 Å². The van der Waals surface area contributed by atoms with Crippen LogP contribution in [0.3, 0.4) is 0 Å². The average molecular weight is 211 g/mol. The van der Waals surface area contributed by atoms with E-state index < -0.39 is 0 Å². The molecule has 1 aliphatic heterocycles. The van der Waals surface area contributed by atoms with Crippen molar-refractivity contribution < 1.29 is 0 Å². The Morgan fingerprint density at radius 3 is 2.62 bits per heavy atom. The molecule has 1 nitrogen and oxygen atoms in total. The van der Waals surface area contributed by atoms with Crippen molar-refractivity contribution in [2.45, 2.75) is 25.3 Å². The average Bonchev–Trinajstić information content (AvgIpc) is 2.75. The van der Waals surface area contributed by atoms with E-state index in [-0.39, 0.29) is 0 Å². The van der Waals surface area contributed by atoms with E-state index >= 15 is 0 Å². The lowest BCUT2D eigenvalue weighted by atomic mass is 9.91. The SMILES string of the molecule is CC1NCCC1c1ccc2ccccc2c1. The summed E-state index contributed by atoms with van der Waals surface area (Å²) in [6.45, 7) is 3.44. The second kappa shape index (κ2) is 3.91. The first-order chi connectivity index (χ1) is 7.84. The minimum atomic E-state index is 0.612. The molecule has 1 heteroatoms. The van der Waals surface area contributed by atoms with Crippen molar-refractivity contribution in [1.82, 2.24) is 5.32 Å². The van der Waals surface area contributed by atoms with Crippen LogP contribution in [0, 0.1) is 0 Å². The van der Waals surface area contributed by atoms with E-state index in [1.807, 2.05) is 0 Å². The molecular weight excluding hydrogens is 194 g/mol. The van der Waals surface area contributed by atoms with Gasteiger partial charge in [0.05, 0.1) is 0 Å². The molecule has 0 aliphatic carbocycles. The van der Waals surface area contributed by atoms with Crippen LogP contribution in [0.4, 0.5) is 0 Å². The third kappa shape index (κ3) is 1.61. The molecule has 82 valence electrons. The van der Waals surface area contributed by atoms with Gasteiger partial charge in [0, 0.05) is 12.0 Å². The lowest BCUT2D eigenvalue weighted by Crippen LogP contribution is -2.21. The second-order valence-corrected chi connectivity index (χ2v) is 4.74. The molecule has 0 spiro atoms. The standard InChI is InChI=1S/C15H17N/c1-11-15(8-9-16-11)14-7-6-12-4-2-3-5-13(12)10-14/h2-7,10-11,15-16H,8-9H2,1H3. The maximum Gasteiger partial charge on any atom is 0.0108 e. The lowest BCUT2D eigenvalue weighted by molar-refractivity contribution is 0.595. The van der Waals surface area contributed by atoms with Gasteiger partial charge >= 0.3 is 0 Å². The Kier molecular flexibility index (Phi) is 2.41. The summed E-state index contributed by atoms with van der Waals surface area (Å²) >= 11 is 0. The third-order valence-electron chi connectivity index (χ3n) is 3.73. The van der Waals surface area contributed by atoms with Crippen LogP contribution in [-0.2, 0) is 0 Å². The highest BCUT2D eigenvalue weighted by Crippen LogP contribution is 2.29. The largest absolute Gasteiger partial charge is 0.314 e. The summed E-state index contributed by atoms with van der Waals surface area (Å²) < 4.78 is 0. The summed E-state index contributed by atoms with van der Waals surface area (Å²) in [7, 11) is 0. The second-order valence-electron chi connectivity index (χ2n) is 4.74. The summed E-state index contributed by atoms with van der Waals surface area (Å²) in [5.74, 6) is 0.685. The van der Waals surface area contributed by atoms with Crippen LogP contribution in [0.1, 0.15) is 24.8 Å². The van der Waals surface area contributed by atoms with Crippen LogP contribution in [0.5, 0.6) is 0 Å². The molecule has 1 saturated heterocycles. The van der Waals surface area contributed by atoms with Gasteiger partial charge in [-0.3, -0.25) is 0 Å². The molecule has 1 aliphatic rings. The molecule has 0 amide bonds. The maximum atomic E-state index is 3.52. The van der Waals surface area contributed by atoms with E-state index in [0.717, 1.165) is 6.54 Å². The number of hydrogen-bond donors (Lipinski definition) is 1. The summed E-state index contributed by atoms with van der Waals surface area (Å²) in [6.07, 6.45) is 1.26. The molecular formula is C15H17N. The Morgan fingerprint density at radius 1 is 1.06 bits per heavy atom. The molecule has 2 aromatic carbocycles. The van der Waals surface area contributed by atoms with Crippen LogP contribution in [-0.4, -0.2) is 12.6 Å². The van der Waals surface area contributed by atoms with Gasteiger partial charge in [-0.1, -0.05) is 42.5 Å². The van der Waals surface area contributed by atoms with Crippen molar-refractivity contribution in [3.8, 4) is 0 Å². The Labute approximate surface area is 96.5 Å². The first kappa shape index (κ1) is 9.86. The fraction of sp³-hybridized carbons (Fsp3) is 0.333. The zero-order chi connectivity index (χ0) is 11.0. The molecule has 2 aromatic rings. The predicted octanol–water partition coefficient (Wildman–Crippen LogP) is 3.31. The third-order valence-corrected chi connectivity index (χ3v) is 3.73. The molecule has 16 heavy (non-hydrogen) atoms. The van der Waals surface area contributed by atoms with E-state index in [1.54, 1.807) is 0 Å². The number of fused-ring (bicyclic) bond motifs is 1. The van der Waals surface area contributed by atoms with E-state index in [4.69, 9.17) is 0 Å². The van der Waals surface area contributed by atoms with Gasteiger partial charge in [0.15, 0.2) is 0 Å². The Morgan fingerprint density at radius 2 is 1.88 bits per heavy atom. The minimum absolute atomic E-state index is 0.612. The molecule has 1 heterocycles. The van der Waals surface area contributed by atoms with Gasteiger partial charge in [-0.05, 0) is 36.2 Å². The first-order valence-electron chi connectivity index (χ1n) is 6.07. The fourth-order valence-corrected chi connectivity index (χ4v) is 2.75. The van der Waals surface area contributed by atoms with Gasteiger partial charge < -0.3 is 5.32 Å². The molecule has 1 fully saturated rings. The molecule has 1 N–H and O–H groups in total. The monoisotopic (exact) mass is 211 g/mol. The van der Waals surface area contributed by atoms with Crippen molar-refractivity contribution in [2.24, 2.45) is 0 Å². The topological polar surface area (TPSA) is 12.0 Å². The fourth-order valence-electron chi connectivity index (χ4n) is 2.75. The molecule has 0 aromatic heterocycles. The summed E-state index contributed by atoms with van der Waals surface area (Å²) in [4.78, 5) is 0. The first-order valence-corrected chi connectivity index (χ1v) is 6.07. The normalized spacial score (nSPS) is 25.1. The highest BCUT2D eigenvalue weighted by atomic mass is 14.9.